The van der Waals surface area contributed by atoms with Gasteiger partial charge in [-0.25, -0.2) is 4.68 Å². The van der Waals surface area contributed by atoms with Crippen LogP contribution in [0.1, 0.15) is 22.1 Å². The van der Waals surface area contributed by atoms with Crippen LogP contribution in [0.4, 0.5) is 5.69 Å². The first-order valence-corrected chi connectivity index (χ1v) is 6.90. The predicted molar refractivity (Wildman–Crippen MR) is 77.1 cm³/mol. The lowest BCUT2D eigenvalue weighted by atomic mass is 10.1. The van der Waals surface area contributed by atoms with Gasteiger partial charge in [-0.1, -0.05) is 17.3 Å². The molecule has 0 saturated carbocycles. The zero-order valence-corrected chi connectivity index (χ0v) is 11.5. The zero-order valence-electron chi connectivity index (χ0n) is 11.5. The number of hydrogen-bond donors (Lipinski definition) is 3. The number of nitrogens with zero attached hydrogens (tertiary/aromatic N) is 3. The van der Waals surface area contributed by atoms with Crippen LogP contribution in [0.25, 0.3) is 0 Å². The zero-order chi connectivity index (χ0) is 14.7. The van der Waals surface area contributed by atoms with Crippen molar-refractivity contribution in [2.24, 2.45) is 0 Å². The number of hydrogen-bond acceptors (Lipinski definition) is 5. The van der Waals surface area contributed by atoms with Gasteiger partial charge in [-0.15, -0.1) is 5.10 Å². The fourth-order valence-electron chi connectivity index (χ4n) is 2.10. The number of aliphatic hydroxyl groups excluding tert-OH is 1. The summed E-state index contributed by atoms with van der Waals surface area (Å²) in [5.74, 6) is -0.275. The molecule has 2 aromatic rings. The molecule has 1 amide bonds. The summed E-state index contributed by atoms with van der Waals surface area (Å²) in [5, 5.41) is 22.7. The molecule has 3 N–H and O–H groups in total. The highest BCUT2D eigenvalue weighted by Crippen LogP contribution is 2.13. The van der Waals surface area contributed by atoms with Crippen LogP contribution in [0.3, 0.4) is 0 Å². The standard InChI is InChI=1S/C14H17N5O2/c20-6-5-10-1-3-11(4-2-10)16-14(21)13-9-19(18-17-13)12-7-15-8-12/h1-4,9,12,15,20H,5-8H2,(H,16,21). The van der Waals surface area contributed by atoms with Gasteiger partial charge in [0.25, 0.3) is 5.91 Å². The molecule has 1 aliphatic heterocycles. The van der Waals surface area contributed by atoms with Crippen LogP contribution >= 0.6 is 0 Å². The summed E-state index contributed by atoms with van der Waals surface area (Å²) in [6.07, 6.45) is 2.28. The predicted octanol–water partition coefficient (Wildman–Crippen LogP) is 0.209. The Labute approximate surface area is 122 Å². The summed E-state index contributed by atoms with van der Waals surface area (Å²) in [5.41, 5.74) is 2.03. The fourth-order valence-corrected chi connectivity index (χ4v) is 2.10. The number of carbonyl (C=O) groups excluding carboxylic acids is 1. The summed E-state index contributed by atoms with van der Waals surface area (Å²) >= 11 is 0. The average Bonchev–Trinajstić information content (AvgIpc) is 2.89. The molecule has 7 heteroatoms. The van der Waals surface area contributed by atoms with E-state index in [1.54, 1.807) is 10.9 Å². The first-order chi connectivity index (χ1) is 10.3. The molecule has 7 nitrogen and oxygen atoms in total. The van der Waals surface area contributed by atoms with E-state index in [2.05, 4.69) is 20.9 Å². The van der Waals surface area contributed by atoms with Gasteiger partial charge < -0.3 is 15.7 Å². The van der Waals surface area contributed by atoms with E-state index >= 15 is 0 Å². The Bertz CT molecular complexity index is 619. The van der Waals surface area contributed by atoms with E-state index in [1.807, 2.05) is 24.3 Å². The molecule has 1 aromatic heterocycles. The third kappa shape index (κ3) is 3.09. The van der Waals surface area contributed by atoms with E-state index in [-0.39, 0.29) is 18.6 Å². The molecular weight excluding hydrogens is 270 g/mol. The molecule has 0 radical (unpaired) electrons. The maximum Gasteiger partial charge on any atom is 0.277 e. The number of benzene rings is 1. The van der Waals surface area contributed by atoms with Gasteiger partial charge in [-0.3, -0.25) is 4.79 Å². The van der Waals surface area contributed by atoms with Crippen LogP contribution in [0, 0.1) is 0 Å². The van der Waals surface area contributed by atoms with Crippen molar-refractivity contribution in [3.05, 3.63) is 41.7 Å². The molecule has 1 aliphatic rings. The van der Waals surface area contributed by atoms with Crippen molar-refractivity contribution < 1.29 is 9.90 Å². The van der Waals surface area contributed by atoms with E-state index in [1.165, 1.54) is 0 Å². The highest BCUT2D eigenvalue weighted by atomic mass is 16.3. The van der Waals surface area contributed by atoms with Crippen LogP contribution in [-0.4, -0.2) is 45.7 Å². The number of amides is 1. The highest BCUT2D eigenvalue weighted by Gasteiger charge is 2.21. The van der Waals surface area contributed by atoms with Crippen molar-refractivity contribution in [3.8, 4) is 0 Å². The molecular formula is C14H17N5O2. The van der Waals surface area contributed by atoms with E-state index in [0.717, 1.165) is 18.7 Å². The smallest absolute Gasteiger partial charge is 0.277 e. The van der Waals surface area contributed by atoms with Crippen molar-refractivity contribution in [3.63, 3.8) is 0 Å². The third-order valence-corrected chi connectivity index (χ3v) is 3.49. The Morgan fingerprint density at radius 1 is 1.38 bits per heavy atom. The maximum atomic E-state index is 12.1. The van der Waals surface area contributed by atoms with Gasteiger partial charge >= 0.3 is 0 Å². The number of aromatic nitrogens is 3. The highest BCUT2D eigenvalue weighted by molar-refractivity contribution is 6.02. The number of anilines is 1. The Morgan fingerprint density at radius 3 is 2.76 bits per heavy atom. The van der Waals surface area contributed by atoms with E-state index in [4.69, 9.17) is 5.11 Å². The molecule has 2 heterocycles. The lowest BCUT2D eigenvalue weighted by Gasteiger charge is -2.26. The second-order valence-corrected chi connectivity index (χ2v) is 5.02. The molecule has 0 atom stereocenters. The largest absolute Gasteiger partial charge is 0.396 e. The number of carbonyl (C=O) groups is 1. The molecule has 1 fully saturated rings. The number of nitrogens with one attached hydrogen (secondary N) is 2. The summed E-state index contributed by atoms with van der Waals surface area (Å²) < 4.78 is 1.72. The van der Waals surface area contributed by atoms with Gasteiger partial charge in [-0.05, 0) is 24.1 Å². The van der Waals surface area contributed by atoms with Gasteiger partial charge in [0.2, 0.25) is 0 Å². The van der Waals surface area contributed by atoms with Crippen LogP contribution in [0.2, 0.25) is 0 Å². The SMILES string of the molecule is O=C(Nc1ccc(CCO)cc1)c1cn(C2CNC2)nn1. The second-order valence-electron chi connectivity index (χ2n) is 5.02. The fraction of sp³-hybridized carbons (Fsp3) is 0.357. The second kappa shape index (κ2) is 6.02. The number of rotatable bonds is 5. The first kappa shape index (κ1) is 13.7. The van der Waals surface area contributed by atoms with Crippen molar-refractivity contribution >= 4 is 11.6 Å². The maximum absolute atomic E-state index is 12.1. The summed E-state index contributed by atoms with van der Waals surface area (Å²) in [7, 11) is 0. The van der Waals surface area contributed by atoms with Gasteiger partial charge in [0, 0.05) is 25.4 Å². The number of aliphatic hydroxyl groups is 1. The molecule has 110 valence electrons. The quantitative estimate of drug-likeness (QED) is 0.731. The first-order valence-electron chi connectivity index (χ1n) is 6.90. The normalized spacial score (nSPS) is 14.7. The van der Waals surface area contributed by atoms with Gasteiger partial charge in [0.15, 0.2) is 5.69 Å². The minimum atomic E-state index is -0.275. The van der Waals surface area contributed by atoms with E-state index < -0.39 is 0 Å². The Kier molecular flexibility index (Phi) is 3.94. The van der Waals surface area contributed by atoms with Crippen molar-refractivity contribution in [1.29, 1.82) is 0 Å². The monoisotopic (exact) mass is 287 g/mol. The Balaban J connectivity index is 1.63. The minimum Gasteiger partial charge on any atom is -0.396 e. The minimum absolute atomic E-state index is 0.116. The van der Waals surface area contributed by atoms with Gasteiger partial charge in [0.05, 0.1) is 12.2 Å². The Morgan fingerprint density at radius 2 is 2.14 bits per heavy atom. The summed E-state index contributed by atoms with van der Waals surface area (Å²) in [4.78, 5) is 12.1. The molecule has 0 aliphatic carbocycles. The molecule has 0 unspecified atom stereocenters. The summed E-state index contributed by atoms with van der Waals surface area (Å²) in [6.45, 7) is 1.83. The molecule has 3 rings (SSSR count). The van der Waals surface area contributed by atoms with Crippen molar-refractivity contribution in [2.45, 2.75) is 12.5 Å². The lowest BCUT2D eigenvalue weighted by molar-refractivity contribution is 0.102. The average molecular weight is 287 g/mol. The molecule has 0 spiro atoms. The molecule has 0 bridgehead atoms. The Hall–Kier alpha value is -2.25. The summed E-state index contributed by atoms with van der Waals surface area (Å²) in [6, 6.07) is 7.66. The van der Waals surface area contributed by atoms with E-state index in [0.29, 0.717) is 17.8 Å². The van der Waals surface area contributed by atoms with Crippen molar-refractivity contribution in [2.75, 3.05) is 25.0 Å². The van der Waals surface area contributed by atoms with Gasteiger partial charge in [0.1, 0.15) is 0 Å². The topological polar surface area (TPSA) is 92.1 Å². The molecule has 1 aromatic carbocycles. The van der Waals surface area contributed by atoms with Crippen LogP contribution in [0.15, 0.2) is 30.5 Å². The van der Waals surface area contributed by atoms with E-state index in [9.17, 15) is 4.79 Å². The lowest BCUT2D eigenvalue weighted by Crippen LogP contribution is -2.43. The van der Waals surface area contributed by atoms with Gasteiger partial charge in [-0.2, -0.15) is 0 Å². The molecule has 1 saturated heterocycles. The molecule has 21 heavy (non-hydrogen) atoms. The van der Waals surface area contributed by atoms with Crippen LogP contribution < -0.4 is 10.6 Å². The van der Waals surface area contributed by atoms with Crippen LogP contribution in [-0.2, 0) is 6.42 Å². The van der Waals surface area contributed by atoms with Crippen molar-refractivity contribution in [1.82, 2.24) is 20.3 Å². The van der Waals surface area contributed by atoms with Crippen LogP contribution in [0.5, 0.6) is 0 Å². The third-order valence-electron chi connectivity index (χ3n) is 3.49.